The number of hydrogen-bond acceptors (Lipinski definition) is 3. The van der Waals surface area contributed by atoms with Gasteiger partial charge in [0.1, 0.15) is 6.61 Å². The third-order valence-corrected chi connectivity index (χ3v) is 4.77. The van der Waals surface area contributed by atoms with Crippen LogP contribution in [0.4, 0.5) is 0 Å². The van der Waals surface area contributed by atoms with Gasteiger partial charge in [-0.05, 0) is 40.9 Å². The lowest BCUT2D eigenvalue weighted by Gasteiger charge is -2.14. The maximum absolute atomic E-state index is 11.9. The first-order valence-corrected chi connectivity index (χ1v) is 7.77. The molecule has 0 N–H and O–H groups in total. The van der Waals surface area contributed by atoms with Crippen molar-refractivity contribution in [1.82, 2.24) is 0 Å². The zero-order chi connectivity index (χ0) is 12.1. The lowest BCUT2D eigenvalue weighted by molar-refractivity contribution is 0.0391. The first kappa shape index (κ1) is 13.2. The topological polar surface area (TPSA) is 26.3 Å². The summed E-state index contributed by atoms with van der Waals surface area (Å²) in [5, 5.41) is 0. The Balaban J connectivity index is 1.79. The van der Waals surface area contributed by atoms with Crippen molar-refractivity contribution in [2.45, 2.75) is 44.6 Å². The maximum atomic E-state index is 11.9. The summed E-state index contributed by atoms with van der Waals surface area (Å²) in [4.78, 5) is 12.6. The van der Waals surface area contributed by atoms with E-state index in [1.54, 1.807) is 0 Å². The van der Waals surface area contributed by atoms with Crippen molar-refractivity contribution < 1.29 is 9.53 Å². The highest BCUT2D eigenvalue weighted by Gasteiger charge is 2.15. The van der Waals surface area contributed by atoms with Gasteiger partial charge >= 0.3 is 0 Å². The Morgan fingerprint density at radius 2 is 2.00 bits per heavy atom. The maximum Gasteiger partial charge on any atom is 0.198 e. The molecule has 0 atom stereocenters. The number of halogens is 1. The summed E-state index contributed by atoms with van der Waals surface area (Å²) in [6.07, 6.45) is 7.62. The van der Waals surface area contributed by atoms with Crippen LogP contribution in [0.25, 0.3) is 0 Å². The molecule has 2 nitrogen and oxygen atoms in total. The number of Topliss-reactive ketones (excluding diaryl/α,β-unsaturated/α-hetero) is 1. The minimum absolute atomic E-state index is 0.102. The van der Waals surface area contributed by atoms with Gasteiger partial charge in [0.2, 0.25) is 0 Å². The van der Waals surface area contributed by atoms with Crippen LogP contribution in [0.2, 0.25) is 0 Å². The minimum Gasteiger partial charge on any atom is -0.370 e. The van der Waals surface area contributed by atoms with E-state index in [9.17, 15) is 4.79 Å². The van der Waals surface area contributed by atoms with Crippen LogP contribution in [-0.4, -0.2) is 18.5 Å². The van der Waals surface area contributed by atoms with Gasteiger partial charge in [-0.15, -0.1) is 11.3 Å². The summed E-state index contributed by atoms with van der Waals surface area (Å²) in [6, 6.07) is 3.76. The van der Waals surface area contributed by atoms with Gasteiger partial charge in [-0.25, -0.2) is 0 Å². The second-order valence-corrected chi connectivity index (χ2v) is 6.91. The lowest BCUT2D eigenvalue weighted by atomic mass is 10.1. The Labute approximate surface area is 114 Å². The Morgan fingerprint density at radius 3 is 2.59 bits per heavy atom. The molecule has 0 bridgehead atoms. The van der Waals surface area contributed by atoms with Crippen LogP contribution in [0.1, 0.15) is 48.2 Å². The molecule has 0 radical (unpaired) electrons. The van der Waals surface area contributed by atoms with Gasteiger partial charge in [0.25, 0.3) is 0 Å². The SMILES string of the molecule is O=C(COC1CCCCCC1)c1ccc(Br)s1. The molecular weight excluding hydrogens is 300 g/mol. The fourth-order valence-electron chi connectivity index (χ4n) is 2.14. The summed E-state index contributed by atoms with van der Waals surface area (Å²) in [5.74, 6) is 0.102. The van der Waals surface area contributed by atoms with Crippen LogP contribution in [0.5, 0.6) is 0 Å². The molecule has 0 aliphatic heterocycles. The quantitative estimate of drug-likeness (QED) is 0.606. The van der Waals surface area contributed by atoms with E-state index >= 15 is 0 Å². The van der Waals surface area contributed by atoms with E-state index in [1.807, 2.05) is 12.1 Å². The second-order valence-electron chi connectivity index (χ2n) is 4.45. The number of ether oxygens (including phenoxy) is 1. The molecule has 0 spiro atoms. The molecule has 1 heterocycles. The zero-order valence-corrected chi connectivity index (χ0v) is 12.2. The monoisotopic (exact) mass is 316 g/mol. The fourth-order valence-corrected chi connectivity index (χ4v) is 3.45. The predicted molar refractivity (Wildman–Crippen MR) is 73.8 cm³/mol. The predicted octanol–water partition coefficient (Wildman–Crippen LogP) is 4.43. The Morgan fingerprint density at radius 1 is 1.29 bits per heavy atom. The largest absolute Gasteiger partial charge is 0.370 e. The van der Waals surface area contributed by atoms with E-state index in [0.717, 1.165) is 21.5 Å². The molecule has 1 aromatic heterocycles. The highest BCUT2D eigenvalue weighted by Crippen LogP contribution is 2.23. The molecule has 1 saturated carbocycles. The first-order valence-electron chi connectivity index (χ1n) is 6.16. The van der Waals surface area contributed by atoms with Gasteiger partial charge in [-0.3, -0.25) is 4.79 Å². The molecule has 1 fully saturated rings. The first-order chi connectivity index (χ1) is 8.25. The van der Waals surface area contributed by atoms with Gasteiger partial charge in [0.15, 0.2) is 5.78 Å². The number of ketones is 1. The summed E-state index contributed by atoms with van der Waals surface area (Å²) in [6.45, 7) is 0.234. The number of rotatable bonds is 4. The van der Waals surface area contributed by atoms with E-state index in [-0.39, 0.29) is 12.4 Å². The van der Waals surface area contributed by atoms with E-state index in [1.165, 1.54) is 37.0 Å². The van der Waals surface area contributed by atoms with Crippen LogP contribution >= 0.6 is 27.3 Å². The van der Waals surface area contributed by atoms with Crippen molar-refractivity contribution in [3.8, 4) is 0 Å². The summed E-state index contributed by atoms with van der Waals surface area (Å²) < 4.78 is 6.73. The average molecular weight is 317 g/mol. The van der Waals surface area contributed by atoms with E-state index in [2.05, 4.69) is 15.9 Å². The molecule has 4 heteroatoms. The van der Waals surface area contributed by atoms with Crippen LogP contribution in [-0.2, 0) is 4.74 Å². The fraction of sp³-hybridized carbons (Fsp3) is 0.615. The number of thiophene rings is 1. The van der Waals surface area contributed by atoms with Crippen molar-refractivity contribution in [2.24, 2.45) is 0 Å². The van der Waals surface area contributed by atoms with Crippen LogP contribution in [0, 0.1) is 0 Å². The summed E-state index contributed by atoms with van der Waals surface area (Å²) in [7, 11) is 0. The van der Waals surface area contributed by atoms with Gasteiger partial charge < -0.3 is 4.74 Å². The Hall–Kier alpha value is -0.190. The molecule has 0 amide bonds. The van der Waals surface area contributed by atoms with Crippen LogP contribution < -0.4 is 0 Å². The number of carbonyl (C=O) groups is 1. The second kappa shape index (κ2) is 6.66. The highest BCUT2D eigenvalue weighted by molar-refractivity contribution is 9.11. The molecule has 1 aromatic rings. The standard InChI is InChI=1S/C13H17BrO2S/c14-13-8-7-12(17-13)11(15)9-16-10-5-3-1-2-4-6-10/h7-8,10H,1-6,9H2. The van der Waals surface area contributed by atoms with E-state index in [0.29, 0.717) is 6.10 Å². The molecule has 94 valence electrons. The molecule has 17 heavy (non-hydrogen) atoms. The molecule has 0 saturated heterocycles. The minimum atomic E-state index is 0.102. The van der Waals surface area contributed by atoms with Crippen molar-refractivity contribution in [1.29, 1.82) is 0 Å². The third kappa shape index (κ3) is 4.19. The summed E-state index contributed by atoms with van der Waals surface area (Å²) in [5.41, 5.74) is 0. The Bertz CT molecular complexity index is 367. The van der Waals surface area contributed by atoms with Crippen molar-refractivity contribution in [3.05, 3.63) is 20.8 Å². The Kier molecular flexibility index (Phi) is 5.19. The number of carbonyl (C=O) groups excluding carboxylic acids is 1. The third-order valence-electron chi connectivity index (χ3n) is 3.10. The molecule has 2 rings (SSSR count). The lowest BCUT2D eigenvalue weighted by Crippen LogP contribution is -2.17. The smallest absolute Gasteiger partial charge is 0.198 e. The highest BCUT2D eigenvalue weighted by atomic mass is 79.9. The molecule has 1 aliphatic rings. The zero-order valence-electron chi connectivity index (χ0n) is 9.78. The molecule has 0 unspecified atom stereocenters. The number of hydrogen-bond donors (Lipinski definition) is 0. The summed E-state index contributed by atoms with van der Waals surface area (Å²) >= 11 is 4.84. The van der Waals surface area contributed by atoms with E-state index in [4.69, 9.17) is 4.74 Å². The molecular formula is C13H17BrO2S. The normalized spacial score (nSPS) is 17.9. The van der Waals surface area contributed by atoms with Crippen molar-refractivity contribution >= 4 is 33.0 Å². The van der Waals surface area contributed by atoms with Crippen LogP contribution in [0.3, 0.4) is 0 Å². The van der Waals surface area contributed by atoms with Gasteiger partial charge in [-0.1, -0.05) is 25.7 Å². The van der Waals surface area contributed by atoms with Crippen LogP contribution in [0.15, 0.2) is 15.9 Å². The van der Waals surface area contributed by atoms with Gasteiger partial charge in [-0.2, -0.15) is 0 Å². The van der Waals surface area contributed by atoms with Crippen molar-refractivity contribution in [3.63, 3.8) is 0 Å². The van der Waals surface area contributed by atoms with Crippen molar-refractivity contribution in [2.75, 3.05) is 6.61 Å². The molecule has 0 aromatic carbocycles. The van der Waals surface area contributed by atoms with Gasteiger partial charge in [0.05, 0.1) is 14.8 Å². The average Bonchev–Trinajstić information content (AvgIpc) is 2.61. The van der Waals surface area contributed by atoms with Gasteiger partial charge in [0, 0.05) is 0 Å². The van der Waals surface area contributed by atoms with E-state index < -0.39 is 0 Å². The molecule has 1 aliphatic carbocycles.